The van der Waals surface area contributed by atoms with Crippen LogP contribution in [0.15, 0.2) is 6.07 Å². The third-order valence-electron chi connectivity index (χ3n) is 3.38. The fraction of sp³-hybridized carbons (Fsp3) is 0.429. The van der Waals surface area contributed by atoms with E-state index >= 15 is 0 Å². The summed E-state index contributed by atoms with van der Waals surface area (Å²) in [5.41, 5.74) is 9.11. The SMILES string of the molecule is COc1cc(C)c(CN(C)C(=O)C(N)=O)c(C)c1C. The number of rotatable bonds is 3. The number of carbonyl (C=O) groups excluding carboxylic acids is 2. The summed E-state index contributed by atoms with van der Waals surface area (Å²) in [5.74, 6) is -0.807. The summed E-state index contributed by atoms with van der Waals surface area (Å²) >= 11 is 0. The van der Waals surface area contributed by atoms with Gasteiger partial charge in [0.25, 0.3) is 0 Å². The van der Waals surface area contributed by atoms with Crippen LogP contribution < -0.4 is 10.5 Å². The molecule has 0 aliphatic heterocycles. The summed E-state index contributed by atoms with van der Waals surface area (Å²) in [6.45, 7) is 6.24. The van der Waals surface area contributed by atoms with Crippen LogP contribution >= 0.6 is 0 Å². The molecule has 5 nitrogen and oxygen atoms in total. The van der Waals surface area contributed by atoms with Crippen LogP contribution in [0, 0.1) is 20.8 Å². The van der Waals surface area contributed by atoms with Gasteiger partial charge in [-0.1, -0.05) is 0 Å². The highest BCUT2D eigenvalue weighted by Crippen LogP contribution is 2.28. The topological polar surface area (TPSA) is 72.6 Å². The Labute approximate surface area is 113 Å². The lowest BCUT2D eigenvalue weighted by Crippen LogP contribution is -2.37. The summed E-state index contributed by atoms with van der Waals surface area (Å²) in [7, 11) is 3.19. The van der Waals surface area contributed by atoms with Crippen molar-refractivity contribution in [2.75, 3.05) is 14.2 Å². The van der Waals surface area contributed by atoms with E-state index in [-0.39, 0.29) is 0 Å². The molecule has 0 unspecified atom stereocenters. The van der Waals surface area contributed by atoms with Gasteiger partial charge in [-0.05, 0) is 49.1 Å². The zero-order valence-electron chi connectivity index (χ0n) is 12.0. The van der Waals surface area contributed by atoms with Crippen LogP contribution in [0.5, 0.6) is 5.75 Å². The van der Waals surface area contributed by atoms with Gasteiger partial charge in [0.2, 0.25) is 0 Å². The van der Waals surface area contributed by atoms with Crippen molar-refractivity contribution in [3.63, 3.8) is 0 Å². The number of hydrogen-bond donors (Lipinski definition) is 1. The van der Waals surface area contributed by atoms with Gasteiger partial charge in [-0.25, -0.2) is 0 Å². The molecular weight excluding hydrogens is 244 g/mol. The second-order valence-electron chi connectivity index (χ2n) is 4.65. The van der Waals surface area contributed by atoms with E-state index in [2.05, 4.69) is 0 Å². The number of methoxy groups -OCH3 is 1. The van der Waals surface area contributed by atoms with Gasteiger partial charge in [0.15, 0.2) is 0 Å². The molecule has 0 aliphatic carbocycles. The standard InChI is InChI=1S/C14H20N2O3/c1-8-6-12(19-5)10(3)9(2)11(8)7-16(4)14(18)13(15)17/h6H,7H2,1-5H3,(H2,15,17). The molecule has 104 valence electrons. The van der Waals surface area contributed by atoms with Crippen LogP contribution in [0.1, 0.15) is 22.3 Å². The van der Waals surface area contributed by atoms with Crippen LogP contribution in [-0.2, 0) is 16.1 Å². The van der Waals surface area contributed by atoms with E-state index in [0.717, 1.165) is 28.0 Å². The average Bonchev–Trinajstić information content (AvgIpc) is 2.37. The Balaban J connectivity index is 3.12. The van der Waals surface area contributed by atoms with Crippen LogP contribution in [-0.4, -0.2) is 30.9 Å². The lowest BCUT2D eigenvalue weighted by Gasteiger charge is -2.21. The molecule has 0 radical (unpaired) electrons. The Morgan fingerprint density at radius 1 is 1.26 bits per heavy atom. The third-order valence-corrected chi connectivity index (χ3v) is 3.38. The monoisotopic (exact) mass is 264 g/mol. The summed E-state index contributed by atoms with van der Waals surface area (Å²) in [4.78, 5) is 23.7. The number of primary amides is 1. The smallest absolute Gasteiger partial charge is 0.311 e. The molecule has 0 aromatic heterocycles. The highest BCUT2D eigenvalue weighted by atomic mass is 16.5. The molecule has 0 heterocycles. The van der Waals surface area contributed by atoms with E-state index in [4.69, 9.17) is 10.5 Å². The third kappa shape index (κ3) is 3.05. The maximum absolute atomic E-state index is 11.5. The maximum Gasteiger partial charge on any atom is 0.311 e. The number of carbonyl (C=O) groups is 2. The number of amides is 2. The Kier molecular flexibility index (Phi) is 4.53. The van der Waals surface area contributed by atoms with E-state index in [9.17, 15) is 9.59 Å². The molecule has 0 fully saturated rings. The number of likely N-dealkylation sites (N-methyl/N-ethyl adjacent to an activating group) is 1. The molecule has 2 amide bonds. The minimum Gasteiger partial charge on any atom is -0.496 e. The molecule has 1 rings (SSSR count). The predicted octanol–water partition coefficient (Wildman–Crippen LogP) is 1.06. The van der Waals surface area contributed by atoms with Gasteiger partial charge in [0, 0.05) is 13.6 Å². The summed E-state index contributed by atoms with van der Waals surface area (Å²) in [6, 6.07) is 1.93. The largest absolute Gasteiger partial charge is 0.496 e. The van der Waals surface area contributed by atoms with Gasteiger partial charge in [0.1, 0.15) is 5.75 Å². The molecule has 0 saturated heterocycles. The van der Waals surface area contributed by atoms with Crippen molar-refractivity contribution in [2.24, 2.45) is 5.73 Å². The molecule has 5 heteroatoms. The number of nitrogens with two attached hydrogens (primary N) is 1. The van der Waals surface area contributed by atoms with E-state index in [1.165, 1.54) is 4.90 Å². The van der Waals surface area contributed by atoms with Crippen LogP contribution in [0.25, 0.3) is 0 Å². The molecular formula is C14H20N2O3. The van der Waals surface area contributed by atoms with Crippen molar-refractivity contribution in [3.05, 3.63) is 28.3 Å². The first-order chi connectivity index (χ1) is 8.79. The minimum absolute atomic E-state index is 0.351. The van der Waals surface area contributed by atoms with Crippen molar-refractivity contribution in [3.8, 4) is 5.75 Å². The van der Waals surface area contributed by atoms with Crippen molar-refractivity contribution in [1.29, 1.82) is 0 Å². The molecule has 0 atom stereocenters. The Morgan fingerprint density at radius 2 is 1.84 bits per heavy atom. The first-order valence-corrected chi connectivity index (χ1v) is 5.98. The zero-order chi connectivity index (χ0) is 14.7. The number of hydrogen-bond acceptors (Lipinski definition) is 3. The lowest BCUT2D eigenvalue weighted by molar-refractivity contribution is -0.143. The highest BCUT2D eigenvalue weighted by Gasteiger charge is 2.18. The lowest BCUT2D eigenvalue weighted by atomic mass is 9.97. The zero-order valence-corrected chi connectivity index (χ0v) is 12.0. The Hall–Kier alpha value is -2.04. The van der Waals surface area contributed by atoms with Gasteiger partial charge in [-0.3, -0.25) is 9.59 Å². The number of nitrogens with zero attached hydrogens (tertiary/aromatic N) is 1. The van der Waals surface area contributed by atoms with Gasteiger partial charge >= 0.3 is 11.8 Å². The maximum atomic E-state index is 11.5. The van der Waals surface area contributed by atoms with E-state index in [1.54, 1.807) is 14.2 Å². The first kappa shape index (κ1) is 15.0. The second-order valence-corrected chi connectivity index (χ2v) is 4.65. The van der Waals surface area contributed by atoms with E-state index in [1.807, 2.05) is 26.8 Å². The van der Waals surface area contributed by atoms with Crippen molar-refractivity contribution >= 4 is 11.8 Å². The number of ether oxygens (including phenoxy) is 1. The quantitative estimate of drug-likeness (QED) is 0.830. The van der Waals surface area contributed by atoms with E-state index < -0.39 is 11.8 Å². The van der Waals surface area contributed by atoms with E-state index in [0.29, 0.717) is 6.54 Å². The number of benzene rings is 1. The summed E-state index contributed by atoms with van der Waals surface area (Å²) < 4.78 is 5.30. The molecule has 0 aliphatic rings. The van der Waals surface area contributed by atoms with Gasteiger partial charge in [-0.2, -0.15) is 0 Å². The van der Waals surface area contributed by atoms with Gasteiger partial charge in [-0.15, -0.1) is 0 Å². The predicted molar refractivity (Wildman–Crippen MR) is 72.9 cm³/mol. The molecule has 1 aromatic rings. The molecule has 19 heavy (non-hydrogen) atoms. The van der Waals surface area contributed by atoms with Crippen molar-refractivity contribution in [1.82, 2.24) is 4.90 Å². The fourth-order valence-corrected chi connectivity index (χ4v) is 2.05. The fourth-order valence-electron chi connectivity index (χ4n) is 2.05. The Bertz CT molecular complexity index is 524. The molecule has 0 spiro atoms. The van der Waals surface area contributed by atoms with Crippen LogP contribution in [0.2, 0.25) is 0 Å². The molecule has 0 saturated carbocycles. The number of aryl methyl sites for hydroxylation is 1. The molecule has 2 N–H and O–H groups in total. The normalized spacial score (nSPS) is 10.2. The van der Waals surface area contributed by atoms with Gasteiger partial charge < -0.3 is 15.4 Å². The second kappa shape index (κ2) is 5.73. The van der Waals surface area contributed by atoms with Crippen molar-refractivity contribution < 1.29 is 14.3 Å². The summed E-state index contributed by atoms with van der Waals surface area (Å²) in [5, 5.41) is 0. The van der Waals surface area contributed by atoms with Crippen LogP contribution in [0.4, 0.5) is 0 Å². The highest BCUT2D eigenvalue weighted by molar-refractivity contribution is 6.34. The minimum atomic E-state index is -0.942. The van der Waals surface area contributed by atoms with Crippen molar-refractivity contribution in [2.45, 2.75) is 27.3 Å². The Morgan fingerprint density at radius 3 is 2.32 bits per heavy atom. The average molecular weight is 264 g/mol. The molecule has 0 bridgehead atoms. The van der Waals surface area contributed by atoms with Gasteiger partial charge in [0.05, 0.1) is 7.11 Å². The first-order valence-electron chi connectivity index (χ1n) is 5.98. The molecule has 1 aromatic carbocycles. The van der Waals surface area contributed by atoms with Crippen LogP contribution in [0.3, 0.4) is 0 Å². The summed E-state index contributed by atoms with van der Waals surface area (Å²) in [6.07, 6.45) is 0.